The molecule has 0 radical (unpaired) electrons. The molecule has 0 saturated carbocycles. The summed E-state index contributed by atoms with van der Waals surface area (Å²) in [6.45, 7) is 4.22. The molecular formula is C15H19N3O2. The third kappa shape index (κ3) is 3.45. The zero-order chi connectivity index (χ0) is 14.5. The lowest BCUT2D eigenvalue weighted by molar-refractivity contribution is -0.140. The maximum atomic E-state index is 11.1. The van der Waals surface area contributed by atoms with Crippen molar-refractivity contribution in [3.8, 4) is 11.4 Å². The Morgan fingerprint density at radius 1 is 1.35 bits per heavy atom. The molecule has 0 fully saturated rings. The van der Waals surface area contributed by atoms with E-state index in [0.717, 1.165) is 17.1 Å². The second kappa shape index (κ2) is 6.34. The molecular weight excluding hydrogens is 254 g/mol. The Hall–Kier alpha value is -2.14. The average Bonchev–Trinajstić information content (AvgIpc) is 2.88. The second-order valence-corrected chi connectivity index (χ2v) is 5.06. The highest BCUT2D eigenvalue weighted by Gasteiger charge is 2.20. The quantitative estimate of drug-likeness (QED) is 0.754. The molecule has 0 aliphatic rings. The maximum Gasteiger partial charge on any atom is 0.320 e. The van der Waals surface area contributed by atoms with Gasteiger partial charge >= 0.3 is 5.97 Å². The number of carbonyl (C=O) groups is 1. The zero-order valence-corrected chi connectivity index (χ0v) is 11.6. The summed E-state index contributed by atoms with van der Waals surface area (Å²) >= 11 is 0. The van der Waals surface area contributed by atoms with Gasteiger partial charge in [-0.05, 0) is 5.92 Å². The molecule has 0 saturated heterocycles. The first kappa shape index (κ1) is 14.3. The molecule has 2 rings (SSSR count). The standard InChI is InChI=1S/C15H19N3O2/c1-10(2)13(15(19)20)16-8-12-9-17-14(18-12)11-6-4-3-5-7-11/h3-7,9-10,13,16H,8H2,1-2H3,(H,17,18)(H,19,20)/t13-/m0/s1. The summed E-state index contributed by atoms with van der Waals surface area (Å²) in [6.07, 6.45) is 1.73. The van der Waals surface area contributed by atoms with E-state index in [4.69, 9.17) is 5.11 Å². The number of benzene rings is 1. The normalized spacial score (nSPS) is 12.6. The van der Waals surface area contributed by atoms with Crippen molar-refractivity contribution < 1.29 is 9.90 Å². The molecule has 0 spiro atoms. The molecule has 2 aromatic rings. The van der Waals surface area contributed by atoms with Gasteiger partial charge in [0.25, 0.3) is 0 Å². The molecule has 5 heteroatoms. The van der Waals surface area contributed by atoms with E-state index < -0.39 is 12.0 Å². The minimum Gasteiger partial charge on any atom is -0.480 e. The fourth-order valence-corrected chi connectivity index (χ4v) is 2.02. The van der Waals surface area contributed by atoms with Crippen LogP contribution in [0.25, 0.3) is 11.4 Å². The Labute approximate surface area is 118 Å². The fraction of sp³-hybridized carbons (Fsp3) is 0.333. The van der Waals surface area contributed by atoms with Crippen molar-refractivity contribution in [2.45, 2.75) is 26.4 Å². The summed E-state index contributed by atoms with van der Waals surface area (Å²) in [5.41, 5.74) is 1.88. The van der Waals surface area contributed by atoms with Gasteiger partial charge in [-0.3, -0.25) is 10.1 Å². The van der Waals surface area contributed by atoms with Crippen molar-refractivity contribution >= 4 is 5.97 Å². The predicted molar refractivity (Wildman–Crippen MR) is 77.1 cm³/mol. The average molecular weight is 273 g/mol. The van der Waals surface area contributed by atoms with Crippen LogP contribution in [-0.2, 0) is 11.3 Å². The summed E-state index contributed by atoms with van der Waals surface area (Å²) in [7, 11) is 0. The molecule has 5 nitrogen and oxygen atoms in total. The van der Waals surface area contributed by atoms with Crippen LogP contribution >= 0.6 is 0 Å². The van der Waals surface area contributed by atoms with Gasteiger partial charge in [-0.2, -0.15) is 0 Å². The van der Waals surface area contributed by atoms with Crippen LogP contribution in [0.5, 0.6) is 0 Å². The van der Waals surface area contributed by atoms with Gasteiger partial charge in [-0.15, -0.1) is 0 Å². The van der Waals surface area contributed by atoms with Gasteiger partial charge in [0, 0.05) is 24.0 Å². The molecule has 0 amide bonds. The van der Waals surface area contributed by atoms with Crippen molar-refractivity contribution in [1.82, 2.24) is 15.3 Å². The number of aromatic amines is 1. The van der Waals surface area contributed by atoms with E-state index in [1.165, 1.54) is 0 Å². The summed E-state index contributed by atoms with van der Waals surface area (Å²) < 4.78 is 0. The molecule has 106 valence electrons. The number of aliphatic carboxylic acids is 1. The van der Waals surface area contributed by atoms with E-state index in [1.54, 1.807) is 6.20 Å². The number of carboxylic acids is 1. The van der Waals surface area contributed by atoms with Gasteiger partial charge in [0.15, 0.2) is 0 Å². The van der Waals surface area contributed by atoms with Crippen LogP contribution in [0, 0.1) is 5.92 Å². The van der Waals surface area contributed by atoms with Gasteiger partial charge in [0.05, 0.1) is 0 Å². The third-order valence-corrected chi connectivity index (χ3v) is 3.12. The van der Waals surface area contributed by atoms with E-state index in [2.05, 4.69) is 15.3 Å². The van der Waals surface area contributed by atoms with Crippen LogP contribution in [0.15, 0.2) is 36.5 Å². The van der Waals surface area contributed by atoms with E-state index in [1.807, 2.05) is 44.2 Å². The van der Waals surface area contributed by atoms with Gasteiger partial charge in [0.1, 0.15) is 11.9 Å². The lowest BCUT2D eigenvalue weighted by Gasteiger charge is -2.17. The first-order valence-electron chi connectivity index (χ1n) is 6.63. The fourth-order valence-electron chi connectivity index (χ4n) is 2.02. The number of rotatable bonds is 6. The van der Waals surface area contributed by atoms with Crippen LogP contribution in [0.1, 0.15) is 19.5 Å². The van der Waals surface area contributed by atoms with Crippen molar-refractivity contribution in [2.75, 3.05) is 0 Å². The van der Waals surface area contributed by atoms with Gasteiger partial charge in [-0.1, -0.05) is 44.2 Å². The molecule has 0 bridgehead atoms. The molecule has 1 atom stereocenters. The molecule has 20 heavy (non-hydrogen) atoms. The Morgan fingerprint density at radius 2 is 2.05 bits per heavy atom. The number of carboxylic acid groups (broad SMARTS) is 1. The molecule has 0 aliphatic carbocycles. The van der Waals surface area contributed by atoms with E-state index >= 15 is 0 Å². The van der Waals surface area contributed by atoms with E-state index in [0.29, 0.717) is 6.54 Å². The summed E-state index contributed by atoms with van der Waals surface area (Å²) in [5, 5.41) is 12.1. The molecule has 1 aromatic heterocycles. The molecule has 1 aromatic carbocycles. The number of hydrogen-bond donors (Lipinski definition) is 3. The lowest BCUT2D eigenvalue weighted by atomic mass is 10.1. The topological polar surface area (TPSA) is 78.0 Å². The number of aromatic nitrogens is 2. The van der Waals surface area contributed by atoms with Crippen LogP contribution in [0.2, 0.25) is 0 Å². The zero-order valence-electron chi connectivity index (χ0n) is 11.6. The minimum atomic E-state index is -0.831. The number of nitrogens with one attached hydrogen (secondary N) is 2. The second-order valence-electron chi connectivity index (χ2n) is 5.06. The highest BCUT2D eigenvalue weighted by molar-refractivity contribution is 5.73. The number of H-pyrrole nitrogens is 1. The van der Waals surface area contributed by atoms with E-state index in [9.17, 15) is 4.79 Å². The van der Waals surface area contributed by atoms with E-state index in [-0.39, 0.29) is 5.92 Å². The van der Waals surface area contributed by atoms with Crippen molar-refractivity contribution in [3.63, 3.8) is 0 Å². The van der Waals surface area contributed by atoms with Crippen molar-refractivity contribution in [1.29, 1.82) is 0 Å². The van der Waals surface area contributed by atoms with Gasteiger partial charge < -0.3 is 10.1 Å². The van der Waals surface area contributed by atoms with Crippen LogP contribution < -0.4 is 5.32 Å². The maximum absolute atomic E-state index is 11.1. The van der Waals surface area contributed by atoms with Crippen LogP contribution in [0.4, 0.5) is 0 Å². The molecule has 3 N–H and O–H groups in total. The van der Waals surface area contributed by atoms with Crippen molar-refractivity contribution in [3.05, 3.63) is 42.2 Å². The lowest BCUT2D eigenvalue weighted by Crippen LogP contribution is -2.40. The largest absolute Gasteiger partial charge is 0.480 e. The minimum absolute atomic E-state index is 0.0315. The SMILES string of the molecule is CC(C)[C@H](NCc1cnc(-c2ccccc2)[nH]1)C(=O)O. The number of nitrogens with zero attached hydrogens (tertiary/aromatic N) is 1. The third-order valence-electron chi connectivity index (χ3n) is 3.12. The number of hydrogen-bond acceptors (Lipinski definition) is 3. The highest BCUT2D eigenvalue weighted by atomic mass is 16.4. The van der Waals surface area contributed by atoms with Crippen LogP contribution in [0.3, 0.4) is 0 Å². The van der Waals surface area contributed by atoms with Gasteiger partial charge in [0.2, 0.25) is 0 Å². The summed E-state index contributed by atoms with van der Waals surface area (Å²) in [6, 6.07) is 9.26. The summed E-state index contributed by atoms with van der Waals surface area (Å²) in [4.78, 5) is 18.6. The van der Waals surface area contributed by atoms with Crippen molar-refractivity contribution in [2.24, 2.45) is 5.92 Å². The van der Waals surface area contributed by atoms with Gasteiger partial charge in [-0.25, -0.2) is 4.98 Å². The Morgan fingerprint density at radius 3 is 2.65 bits per heavy atom. The highest BCUT2D eigenvalue weighted by Crippen LogP contribution is 2.14. The predicted octanol–water partition coefficient (Wildman–Crippen LogP) is 2.28. The first-order valence-corrected chi connectivity index (χ1v) is 6.63. The molecule has 0 unspecified atom stereocenters. The Kier molecular flexibility index (Phi) is 4.53. The molecule has 0 aliphatic heterocycles. The number of imidazole rings is 1. The Balaban J connectivity index is 2.02. The Bertz CT molecular complexity index is 564. The summed E-state index contributed by atoms with van der Waals surface area (Å²) in [5.74, 6) is -0.00867. The van der Waals surface area contributed by atoms with Crippen LogP contribution in [-0.4, -0.2) is 27.1 Å². The molecule has 1 heterocycles. The first-order chi connectivity index (χ1) is 9.58. The smallest absolute Gasteiger partial charge is 0.320 e. The monoisotopic (exact) mass is 273 g/mol.